The summed E-state index contributed by atoms with van der Waals surface area (Å²) in [5, 5.41) is 3.66. The zero-order chi connectivity index (χ0) is 14.1. The number of hydrogen-bond acceptors (Lipinski definition) is 4. The Kier molecular flexibility index (Phi) is 3.44. The molecule has 20 heavy (non-hydrogen) atoms. The number of halogens is 1. The van der Waals surface area contributed by atoms with Gasteiger partial charge >= 0.3 is 0 Å². The summed E-state index contributed by atoms with van der Waals surface area (Å²) < 4.78 is 0. The van der Waals surface area contributed by atoms with E-state index < -0.39 is 0 Å². The molecule has 1 fully saturated rings. The van der Waals surface area contributed by atoms with Gasteiger partial charge in [0, 0.05) is 11.2 Å². The topological polar surface area (TPSA) is 62.3 Å². The predicted octanol–water partition coefficient (Wildman–Crippen LogP) is 1.97. The van der Waals surface area contributed by atoms with Crippen molar-refractivity contribution in [1.29, 1.82) is 0 Å². The molecule has 1 saturated heterocycles. The molecular weight excluding hydrogens is 278 g/mol. The van der Waals surface area contributed by atoms with Crippen LogP contribution in [0.25, 0.3) is 0 Å². The highest BCUT2D eigenvalue weighted by molar-refractivity contribution is 6.30. The van der Waals surface area contributed by atoms with Crippen LogP contribution in [0.2, 0.25) is 0 Å². The smallest absolute Gasteiger partial charge is 0.234 e. The number of fused-ring (bicyclic) bond motifs is 1. The second-order valence-electron chi connectivity index (χ2n) is 4.96. The van der Waals surface area contributed by atoms with Crippen molar-refractivity contribution in [2.45, 2.75) is 12.8 Å². The van der Waals surface area contributed by atoms with Crippen molar-refractivity contribution in [3.63, 3.8) is 0 Å². The fourth-order valence-corrected chi connectivity index (χ4v) is 2.93. The number of aromatic nitrogens is 1. The Morgan fingerprint density at radius 3 is 2.85 bits per heavy atom. The Morgan fingerprint density at radius 1 is 1.30 bits per heavy atom. The molecule has 2 aliphatic rings. The lowest BCUT2D eigenvalue weighted by atomic mass is 9.85. The summed E-state index contributed by atoms with van der Waals surface area (Å²) in [6.07, 6.45) is 4.51. The molecule has 2 atom stereocenters. The molecular formula is C14H14ClN3O2. The molecule has 0 bridgehead atoms. The lowest BCUT2D eigenvalue weighted by Crippen LogP contribution is -2.35. The number of carbonyl (C=O) groups excluding carboxylic acids is 2. The maximum absolute atomic E-state index is 12.3. The van der Waals surface area contributed by atoms with Crippen molar-refractivity contribution >= 4 is 29.2 Å². The second kappa shape index (κ2) is 5.25. The normalized spacial score (nSPS) is 25.4. The van der Waals surface area contributed by atoms with Crippen molar-refractivity contribution in [3.05, 3.63) is 35.5 Å². The van der Waals surface area contributed by atoms with Gasteiger partial charge in [-0.25, -0.2) is 4.98 Å². The third-order valence-corrected chi connectivity index (χ3v) is 4.05. The van der Waals surface area contributed by atoms with Gasteiger partial charge in [-0.15, -0.1) is 0 Å². The van der Waals surface area contributed by atoms with Gasteiger partial charge in [0.15, 0.2) is 0 Å². The van der Waals surface area contributed by atoms with Gasteiger partial charge in [0.05, 0.1) is 18.5 Å². The standard InChI is InChI=1S/C14H14ClN3O2/c15-9-4-5-10-11(7-9)14(20)18(13(10)19)8-17-12-3-1-2-6-16-12/h1-4,6,10-11H,5,7-8H2,(H,16,17)/t10-,11+/m1/s1. The van der Waals surface area contributed by atoms with Crippen LogP contribution in [-0.2, 0) is 9.59 Å². The number of allylic oxidation sites excluding steroid dienone is 2. The van der Waals surface area contributed by atoms with E-state index in [-0.39, 0.29) is 30.3 Å². The first-order valence-corrected chi connectivity index (χ1v) is 6.89. The van der Waals surface area contributed by atoms with Gasteiger partial charge in [0.25, 0.3) is 0 Å². The summed E-state index contributed by atoms with van der Waals surface area (Å²) in [6.45, 7) is 0.152. The van der Waals surface area contributed by atoms with Crippen LogP contribution in [0.1, 0.15) is 12.8 Å². The molecule has 104 valence electrons. The summed E-state index contributed by atoms with van der Waals surface area (Å²) in [6, 6.07) is 5.43. The number of nitrogens with zero attached hydrogens (tertiary/aromatic N) is 2. The van der Waals surface area contributed by atoms with Crippen molar-refractivity contribution in [1.82, 2.24) is 9.88 Å². The molecule has 2 amide bonds. The fraction of sp³-hybridized carbons (Fsp3) is 0.357. The SMILES string of the molecule is O=C1[C@H]2CC(Cl)=CC[C@H]2C(=O)N1CNc1ccccn1. The summed E-state index contributed by atoms with van der Waals surface area (Å²) >= 11 is 5.97. The van der Waals surface area contributed by atoms with E-state index >= 15 is 0 Å². The summed E-state index contributed by atoms with van der Waals surface area (Å²) in [4.78, 5) is 29.9. The highest BCUT2D eigenvalue weighted by Gasteiger charge is 2.48. The van der Waals surface area contributed by atoms with Crippen molar-refractivity contribution in [2.75, 3.05) is 12.0 Å². The van der Waals surface area contributed by atoms with Gasteiger partial charge in [0.1, 0.15) is 5.82 Å². The molecule has 6 heteroatoms. The number of carbonyl (C=O) groups is 2. The molecule has 1 N–H and O–H groups in total. The Hall–Kier alpha value is -1.88. The first kappa shape index (κ1) is 13.1. The Balaban J connectivity index is 1.69. The first-order chi connectivity index (χ1) is 9.66. The number of imide groups is 1. The average Bonchev–Trinajstić information content (AvgIpc) is 2.70. The molecule has 1 aromatic heterocycles. The Labute approximate surface area is 121 Å². The number of amides is 2. The minimum Gasteiger partial charge on any atom is -0.352 e. The van der Waals surface area contributed by atoms with Gasteiger partial charge < -0.3 is 5.32 Å². The van der Waals surface area contributed by atoms with E-state index in [0.29, 0.717) is 23.7 Å². The summed E-state index contributed by atoms with van der Waals surface area (Å²) in [7, 11) is 0. The van der Waals surface area contributed by atoms with Crippen molar-refractivity contribution in [3.8, 4) is 0 Å². The van der Waals surface area contributed by atoms with Crippen LogP contribution in [0.5, 0.6) is 0 Å². The van der Waals surface area contributed by atoms with E-state index in [1.807, 2.05) is 12.1 Å². The molecule has 0 saturated carbocycles. The molecule has 1 aliphatic heterocycles. The van der Waals surface area contributed by atoms with Crippen LogP contribution in [0.3, 0.4) is 0 Å². The number of hydrogen-bond donors (Lipinski definition) is 1. The van der Waals surface area contributed by atoms with Gasteiger partial charge in [-0.1, -0.05) is 23.7 Å². The van der Waals surface area contributed by atoms with E-state index in [2.05, 4.69) is 10.3 Å². The minimum atomic E-state index is -0.300. The largest absolute Gasteiger partial charge is 0.352 e. The molecule has 1 aliphatic carbocycles. The molecule has 0 spiro atoms. The lowest BCUT2D eigenvalue weighted by molar-refractivity contribution is -0.139. The molecule has 2 heterocycles. The Bertz CT molecular complexity index is 573. The summed E-state index contributed by atoms with van der Waals surface area (Å²) in [5.41, 5.74) is 0. The molecule has 5 nitrogen and oxygen atoms in total. The second-order valence-corrected chi connectivity index (χ2v) is 5.44. The Morgan fingerprint density at radius 2 is 2.10 bits per heavy atom. The minimum absolute atomic E-state index is 0.121. The van der Waals surface area contributed by atoms with Crippen LogP contribution in [0.4, 0.5) is 5.82 Å². The van der Waals surface area contributed by atoms with Crippen LogP contribution in [-0.4, -0.2) is 28.4 Å². The number of rotatable bonds is 3. The molecule has 0 radical (unpaired) electrons. The van der Waals surface area contributed by atoms with E-state index in [1.54, 1.807) is 18.3 Å². The van der Waals surface area contributed by atoms with Gasteiger partial charge in [-0.3, -0.25) is 14.5 Å². The fourth-order valence-electron chi connectivity index (χ4n) is 2.68. The lowest BCUT2D eigenvalue weighted by Gasteiger charge is -2.17. The predicted molar refractivity (Wildman–Crippen MR) is 74.7 cm³/mol. The molecule has 0 unspecified atom stereocenters. The summed E-state index contributed by atoms with van der Waals surface area (Å²) in [5.74, 6) is -0.182. The average molecular weight is 292 g/mol. The van der Waals surface area contributed by atoms with Gasteiger partial charge in [-0.2, -0.15) is 0 Å². The number of pyridine rings is 1. The third kappa shape index (κ3) is 2.29. The number of anilines is 1. The number of likely N-dealkylation sites (tertiary alicyclic amines) is 1. The van der Waals surface area contributed by atoms with Gasteiger partial charge in [-0.05, 0) is 25.0 Å². The van der Waals surface area contributed by atoms with E-state index in [4.69, 9.17) is 11.6 Å². The van der Waals surface area contributed by atoms with Crippen LogP contribution >= 0.6 is 11.6 Å². The maximum atomic E-state index is 12.3. The number of nitrogens with one attached hydrogen (secondary N) is 1. The molecule has 1 aromatic rings. The zero-order valence-corrected chi connectivity index (χ0v) is 11.5. The molecule has 3 rings (SSSR count). The molecule has 0 aromatic carbocycles. The van der Waals surface area contributed by atoms with E-state index in [1.165, 1.54) is 4.90 Å². The van der Waals surface area contributed by atoms with Gasteiger partial charge in [0.2, 0.25) is 11.8 Å². The van der Waals surface area contributed by atoms with Crippen LogP contribution in [0, 0.1) is 11.8 Å². The van der Waals surface area contributed by atoms with Crippen LogP contribution < -0.4 is 5.32 Å². The highest BCUT2D eigenvalue weighted by atomic mass is 35.5. The van der Waals surface area contributed by atoms with E-state index in [9.17, 15) is 9.59 Å². The quantitative estimate of drug-likeness (QED) is 0.865. The highest BCUT2D eigenvalue weighted by Crippen LogP contribution is 2.38. The van der Waals surface area contributed by atoms with E-state index in [0.717, 1.165) is 0 Å². The zero-order valence-electron chi connectivity index (χ0n) is 10.8. The maximum Gasteiger partial charge on any atom is 0.234 e. The first-order valence-electron chi connectivity index (χ1n) is 6.51. The van der Waals surface area contributed by atoms with Crippen LogP contribution in [0.15, 0.2) is 35.5 Å². The monoisotopic (exact) mass is 291 g/mol. The third-order valence-electron chi connectivity index (χ3n) is 3.74. The van der Waals surface area contributed by atoms with Crippen molar-refractivity contribution < 1.29 is 9.59 Å². The van der Waals surface area contributed by atoms with Crippen molar-refractivity contribution in [2.24, 2.45) is 11.8 Å².